The Labute approximate surface area is 149 Å². The second kappa shape index (κ2) is 9.13. The zero-order valence-electron chi connectivity index (χ0n) is 15.5. The molecule has 0 unspecified atom stereocenters. The SMILES string of the molecule is CCN(c1cccc(C)c1)c1cc(C(=O)NCCCN(C)C)ncn1. The number of rotatable bonds is 8. The average Bonchev–Trinajstić information content (AvgIpc) is 2.59. The molecule has 2 rings (SSSR count). The van der Waals surface area contributed by atoms with Gasteiger partial charge in [-0.1, -0.05) is 12.1 Å². The maximum atomic E-state index is 12.3. The van der Waals surface area contributed by atoms with Crippen molar-refractivity contribution in [2.75, 3.05) is 38.6 Å². The normalized spacial score (nSPS) is 10.8. The smallest absolute Gasteiger partial charge is 0.270 e. The van der Waals surface area contributed by atoms with E-state index in [9.17, 15) is 4.79 Å². The second-order valence-corrected chi connectivity index (χ2v) is 6.26. The Morgan fingerprint density at radius 2 is 2.00 bits per heavy atom. The fraction of sp³-hybridized carbons (Fsp3) is 0.421. The van der Waals surface area contributed by atoms with Gasteiger partial charge >= 0.3 is 0 Å². The summed E-state index contributed by atoms with van der Waals surface area (Å²) in [5.41, 5.74) is 2.63. The summed E-state index contributed by atoms with van der Waals surface area (Å²) in [5, 5.41) is 2.91. The van der Waals surface area contributed by atoms with Crippen LogP contribution < -0.4 is 10.2 Å². The molecule has 0 spiro atoms. The van der Waals surface area contributed by atoms with Gasteiger partial charge in [0, 0.05) is 24.8 Å². The minimum atomic E-state index is -0.164. The molecule has 0 radical (unpaired) electrons. The predicted molar refractivity (Wildman–Crippen MR) is 101 cm³/mol. The number of amides is 1. The van der Waals surface area contributed by atoms with Crippen molar-refractivity contribution in [3.63, 3.8) is 0 Å². The number of hydrogen-bond donors (Lipinski definition) is 1. The highest BCUT2D eigenvalue weighted by Crippen LogP contribution is 2.24. The van der Waals surface area contributed by atoms with Crippen LogP contribution in [0.25, 0.3) is 0 Å². The van der Waals surface area contributed by atoms with Gasteiger partial charge in [0.2, 0.25) is 0 Å². The molecule has 1 heterocycles. The number of anilines is 2. The number of carbonyl (C=O) groups is 1. The molecule has 25 heavy (non-hydrogen) atoms. The number of nitrogens with zero attached hydrogens (tertiary/aromatic N) is 4. The summed E-state index contributed by atoms with van der Waals surface area (Å²) in [5.74, 6) is 0.559. The van der Waals surface area contributed by atoms with Crippen LogP contribution >= 0.6 is 0 Å². The van der Waals surface area contributed by atoms with Crippen molar-refractivity contribution in [1.29, 1.82) is 0 Å². The fourth-order valence-corrected chi connectivity index (χ4v) is 2.58. The van der Waals surface area contributed by atoms with Crippen LogP contribution in [0.2, 0.25) is 0 Å². The number of nitrogens with one attached hydrogen (secondary N) is 1. The van der Waals surface area contributed by atoms with Crippen molar-refractivity contribution >= 4 is 17.4 Å². The van der Waals surface area contributed by atoms with E-state index in [1.54, 1.807) is 6.07 Å². The highest BCUT2D eigenvalue weighted by molar-refractivity contribution is 5.93. The van der Waals surface area contributed by atoms with E-state index in [4.69, 9.17) is 0 Å². The van der Waals surface area contributed by atoms with Gasteiger partial charge in [-0.2, -0.15) is 0 Å². The lowest BCUT2D eigenvalue weighted by Crippen LogP contribution is -2.28. The van der Waals surface area contributed by atoms with Gasteiger partial charge in [0.15, 0.2) is 0 Å². The molecular formula is C19H27N5O. The van der Waals surface area contributed by atoms with Gasteiger partial charge in [-0.15, -0.1) is 0 Å². The Balaban J connectivity index is 2.10. The maximum Gasteiger partial charge on any atom is 0.270 e. The summed E-state index contributed by atoms with van der Waals surface area (Å²) in [6.07, 6.45) is 2.35. The van der Waals surface area contributed by atoms with Gasteiger partial charge in [0.1, 0.15) is 17.8 Å². The molecular weight excluding hydrogens is 314 g/mol. The molecule has 0 saturated heterocycles. The molecule has 6 nitrogen and oxygen atoms in total. The zero-order chi connectivity index (χ0) is 18.2. The molecule has 2 aromatic rings. The van der Waals surface area contributed by atoms with Gasteiger partial charge in [-0.05, 0) is 58.6 Å². The van der Waals surface area contributed by atoms with E-state index in [1.807, 2.05) is 26.2 Å². The monoisotopic (exact) mass is 341 g/mol. The standard InChI is InChI=1S/C19H27N5O/c1-5-24(16-9-6-8-15(2)12-16)18-13-17(21-14-22-18)19(25)20-10-7-11-23(3)4/h6,8-9,12-14H,5,7,10-11H2,1-4H3,(H,20,25). The number of carbonyl (C=O) groups excluding carboxylic acids is 1. The summed E-state index contributed by atoms with van der Waals surface area (Å²) < 4.78 is 0. The zero-order valence-corrected chi connectivity index (χ0v) is 15.5. The van der Waals surface area contributed by atoms with Crippen molar-refractivity contribution < 1.29 is 4.79 Å². The summed E-state index contributed by atoms with van der Waals surface area (Å²) in [6.45, 7) is 6.44. The first kappa shape index (κ1) is 18.9. The Morgan fingerprint density at radius 1 is 1.20 bits per heavy atom. The molecule has 0 saturated carbocycles. The topological polar surface area (TPSA) is 61.4 Å². The fourth-order valence-electron chi connectivity index (χ4n) is 2.58. The molecule has 0 aliphatic carbocycles. The summed E-state index contributed by atoms with van der Waals surface area (Å²) in [7, 11) is 4.03. The van der Waals surface area contributed by atoms with Crippen LogP contribution in [-0.2, 0) is 0 Å². The quantitative estimate of drug-likeness (QED) is 0.748. The Morgan fingerprint density at radius 3 is 2.68 bits per heavy atom. The summed E-state index contributed by atoms with van der Waals surface area (Å²) >= 11 is 0. The van der Waals surface area contributed by atoms with Gasteiger partial charge in [-0.3, -0.25) is 4.79 Å². The first-order valence-corrected chi connectivity index (χ1v) is 8.60. The van der Waals surface area contributed by atoms with E-state index in [-0.39, 0.29) is 5.91 Å². The van der Waals surface area contributed by atoms with Gasteiger partial charge in [0.25, 0.3) is 5.91 Å². The lowest BCUT2D eigenvalue weighted by atomic mass is 10.2. The van der Waals surface area contributed by atoms with Gasteiger partial charge < -0.3 is 15.1 Å². The van der Waals surface area contributed by atoms with Gasteiger partial charge in [-0.25, -0.2) is 9.97 Å². The Hall–Kier alpha value is -2.47. The highest BCUT2D eigenvalue weighted by atomic mass is 16.1. The third-order valence-corrected chi connectivity index (χ3v) is 3.86. The molecule has 0 aliphatic rings. The number of benzene rings is 1. The van der Waals surface area contributed by atoms with E-state index >= 15 is 0 Å². The minimum absolute atomic E-state index is 0.164. The molecule has 0 aliphatic heterocycles. The van der Waals surface area contributed by atoms with Crippen LogP contribution in [0.5, 0.6) is 0 Å². The Kier molecular flexibility index (Phi) is 6.89. The van der Waals surface area contributed by atoms with Crippen molar-refractivity contribution in [2.24, 2.45) is 0 Å². The van der Waals surface area contributed by atoms with Crippen LogP contribution in [-0.4, -0.2) is 54.5 Å². The summed E-state index contributed by atoms with van der Waals surface area (Å²) in [6, 6.07) is 9.97. The molecule has 6 heteroatoms. The number of aromatic nitrogens is 2. The van der Waals surface area contributed by atoms with Crippen LogP contribution in [0.4, 0.5) is 11.5 Å². The molecule has 1 N–H and O–H groups in total. The molecule has 134 valence electrons. The van der Waals surface area contributed by atoms with Crippen LogP contribution in [0.15, 0.2) is 36.7 Å². The van der Waals surface area contributed by atoms with E-state index in [2.05, 4.69) is 51.1 Å². The van der Waals surface area contributed by atoms with Crippen LogP contribution in [0, 0.1) is 6.92 Å². The molecule has 1 aromatic carbocycles. The van der Waals surface area contributed by atoms with Crippen LogP contribution in [0.3, 0.4) is 0 Å². The Bertz CT molecular complexity index is 702. The van der Waals surface area contributed by atoms with Crippen molar-refractivity contribution in [2.45, 2.75) is 20.3 Å². The minimum Gasteiger partial charge on any atom is -0.351 e. The molecule has 0 bridgehead atoms. The molecule has 1 aromatic heterocycles. The number of aryl methyl sites for hydroxylation is 1. The first-order chi connectivity index (χ1) is 12.0. The van der Waals surface area contributed by atoms with E-state index in [0.29, 0.717) is 12.2 Å². The lowest BCUT2D eigenvalue weighted by Gasteiger charge is -2.22. The third kappa shape index (κ3) is 5.53. The van der Waals surface area contributed by atoms with Crippen molar-refractivity contribution in [1.82, 2.24) is 20.2 Å². The first-order valence-electron chi connectivity index (χ1n) is 8.60. The largest absolute Gasteiger partial charge is 0.351 e. The van der Waals surface area contributed by atoms with Crippen LogP contribution in [0.1, 0.15) is 29.4 Å². The average molecular weight is 341 g/mol. The predicted octanol–water partition coefficient (Wildman–Crippen LogP) is 2.62. The van der Waals surface area contributed by atoms with Crippen molar-refractivity contribution in [3.05, 3.63) is 47.9 Å². The van der Waals surface area contributed by atoms with E-state index < -0.39 is 0 Å². The van der Waals surface area contributed by atoms with E-state index in [1.165, 1.54) is 11.9 Å². The highest BCUT2D eigenvalue weighted by Gasteiger charge is 2.13. The second-order valence-electron chi connectivity index (χ2n) is 6.26. The van der Waals surface area contributed by atoms with E-state index in [0.717, 1.165) is 31.0 Å². The lowest BCUT2D eigenvalue weighted by molar-refractivity contribution is 0.0947. The molecule has 1 amide bonds. The van der Waals surface area contributed by atoms with Crippen molar-refractivity contribution in [3.8, 4) is 0 Å². The number of hydrogen-bond acceptors (Lipinski definition) is 5. The third-order valence-electron chi connectivity index (χ3n) is 3.86. The maximum absolute atomic E-state index is 12.3. The summed E-state index contributed by atoms with van der Waals surface area (Å²) in [4.78, 5) is 24.9. The van der Waals surface area contributed by atoms with Gasteiger partial charge in [0.05, 0.1) is 0 Å². The molecule has 0 fully saturated rings. The molecule has 0 atom stereocenters.